The molecule has 1 aromatic heterocycles. The van der Waals surface area contributed by atoms with Gasteiger partial charge in [0.2, 0.25) is 11.8 Å². The maximum Gasteiger partial charge on any atom is 0.247 e. The largest absolute Gasteiger partial charge is 0.497 e. The fraction of sp³-hybridized carbons (Fsp3) is 0.333. The summed E-state index contributed by atoms with van der Waals surface area (Å²) in [6, 6.07) is 16.3. The lowest BCUT2D eigenvalue weighted by Crippen LogP contribution is -2.46. The lowest BCUT2D eigenvalue weighted by atomic mass is 10.0. The molecule has 4 rings (SSSR count). The van der Waals surface area contributed by atoms with E-state index < -0.39 is 11.9 Å². The number of carbonyl (C=O) groups excluding carboxylic acids is 2. The number of nitrogens with zero attached hydrogens (tertiary/aromatic N) is 1. The molecule has 0 unspecified atom stereocenters. The van der Waals surface area contributed by atoms with E-state index >= 15 is 4.39 Å². The second-order valence-electron chi connectivity index (χ2n) is 8.54. The van der Waals surface area contributed by atoms with E-state index in [0.29, 0.717) is 5.75 Å². The molecular weight excluding hydrogens is 451 g/mol. The number of hydrogen-bond donors (Lipinski definition) is 1. The van der Waals surface area contributed by atoms with E-state index in [1.807, 2.05) is 41.8 Å². The molecule has 0 aliphatic heterocycles. The third-order valence-corrected chi connectivity index (χ3v) is 7.08. The number of ether oxygens (including phenoxy) is 1. The van der Waals surface area contributed by atoms with Crippen LogP contribution in [0.3, 0.4) is 0 Å². The molecule has 34 heavy (non-hydrogen) atoms. The van der Waals surface area contributed by atoms with Gasteiger partial charge in [0.15, 0.2) is 0 Å². The molecule has 1 aliphatic carbocycles. The van der Waals surface area contributed by atoms with Gasteiger partial charge in [-0.25, -0.2) is 4.39 Å². The molecule has 1 fully saturated rings. The van der Waals surface area contributed by atoms with Crippen LogP contribution < -0.4 is 10.1 Å². The number of halogens is 1. The van der Waals surface area contributed by atoms with E-state index in [1.165, 1.54) is 22.3 Å². The van der Waals surface area contributed by atoms with E-state index in [-0.39, 0.29) is 36.4 Å². The Morgan fingerprint density at radius 2 is 1.82 bits per heavy atom. The fourth-order valence-corrected chi connectivity index (χ4v) is 5.11. The molecule has 2 aromatic carbocycles. The van der Waals surface area contributed by atoms with Crippen molar-refractivity contribution in [3.63, 3.8) is 0 Å². The van der Waals surface area contributed by atoms with Crippen molar-refractivity contribution < 1.29 is 18.7 Å². The van der Waals surface area contributed by atoms with Crippen molar-refractivity contribution in [3.8, 4) is 5.75 Å². The summed E-state index contributed by atoms with van der Waals surface area (Å²) in [4.78, 5) is 29.6. The molecule has 1 N–H and O–H groups in total. The molecule has 1 saturated carbocycles. The molecule has 1 aliphatic rings. The molecule has 0 radical (unpaired) electrons. The van der Waals surface area contributed by atoms with Crippen molar-refractivity contribution in [1.29, 1.82) is 0 Å². The van der Waals surface area contributed by atoms with Gasteiger partial charge < -0.3 is 15.0 Å². The molecule has 2 amide bonds. The van der Waals surface area contributed by atoms with E-state index in [0.717, 1.165) is 36.1 Å². The van der Waals surface area contributed by atoms with E-state index in [2.05, 4.69) is 5.32 Å². The van der Waals surface area contributed by atoms with Gasteiger partial charge in [-0.1, -0.05) is 49.2 Å². The van der Waals surface area contributed by atoms with E-state index in [9.17, 15) is 9.59 Å². The predicted molar refractivity (Wildman–Crippen MR) is 131 cm³/mol. The standard InChI is InChI=1S/C27H29FN2O3S/c1-33-21-14-12-19(13-15-21)18-30(25(31)17-22-9-6-16-34-22)26(23-10-4-5-11-24(23)28)27(32)29-20-7-2-3-8-20/h4-6,9-16,20,26H,2-3,7-8,17-18H2,1H3,(H,29,32)/t26-/m0/s1. The minimum Gasteiger partial charge on any atom is -0.497 e. The van der Waals surface area contributed by atoms with Crippen molar-refractivity contribution in [2.75, 3.05) is 7.11 Å². The molecule has 5 nitrogen and oxygen atoms in total. The molecule has 178 valence electrons. The maximum atomic E-state index is 15.0. The summed E-state index contributed by atoms with van der Waals surface area (Å²) in [6.45, 7) is 0.172. The summed E-state index contributed by atoms with van der Waals surface area (Å²) < 4.78 is 20.3. The molecule has 0 saturated heterocycles. The monoisotopic (exact) mass is 480 g/mol. The maximum absolute atomic E-state index is 15.0. The van der Waals surface area contributed by atoms with Crippen LogP contribution in [0.25, 0.3) is 0 Å². The second kappa shape index (κ2) is 11.3. The van der Waals surface area contributed by atoms with Crippen LogP contribution in [0, 0.1) is 5.82 Å². The van der Waals surface area contributed by atoms with Crippen LogP contribution in [0.1, 0.15) is 47.7 Å². The Hall–Kier alpha value is -3.19. The van der Waals surface area contributed by atoms with Gasteiger partial charge in [-0.05, 0) is 48.1 Å². The van der Waals surface area contributed by atoms with Crippen LogP contribution >= 0.6 is 11.3 Å². The summed E-state index contributed by atoms with van der Waals surface area (Å²) in [5, 5.41) is 5.00. The second-order valence-corrected chi connectivity index (χ2v) is 9.57. The van der Waals surface area contributed by atoms with Gasteiger partial charge in [-0.3, -0.25) is 9.59 Å². The Balaban J connectivity index is 1.70. The van der Waals surface area contributed by atoms with Crippen LogP contribution in [0.15, 0.2) is 66.0 Å². The van der Waals surface area contributed by atoms with Gasteiger partial charge >= 0.3 is 0 Å². The first kappa shape index (κ1) is 24.0. The highest BCUT2D eigenvalue weighted by atomic mass is 32.1. The summed E-state index contributed by atoms with van der Waals surface area (Å²) >= 11 is 1.49. The molecule has 3 aromatic rings. The number of amides is 2. The minimum atomic E-state index is -1.07. The topological polar surface area (TPSA) is 58.6 Å². The van der Waals surface area contributed by atoms with Crippen LogP contribution in [-0.4, -0.2) is 29.9 Å². The first-order valence-corrected chi connectivity index (χ1v) is 12.4. The van der Waals surface area contributed by atoms with Gasteiger partial charge in [0.1, 0.15) is 17.6 Å². The Morgan fingerprint density at radius 1 is 1.09 bits per heavy atom. The SMILES string of the molecule is COc1ccc(CN(C(=O)Cc2cccs2)[C@H](C(=O)NC2CCCC2)c2ccccc2F)cc1. The predicted octanol–water partition coefficient (Wildman–Crippen LogP) is 5.27. The van der Waals surface area contributed by atoms with Crippen LogP contribution in [0.4, 0.5) is 4.39 Å². The third kappa shape index (κ3) is 5.83. The first-order valence-electron chi connectivity index (χ1n) is 11.5. The van der Waals surface area contributed by atoms with Crippen molar-refractivity contribution in [1.82, 2.24) is 10.2 Å². The van der Waals surface area contributed by atoms with Crippen LogP contribution in [0.5, 0.6) is 5.75 Å². The summed E-state index contributed by atoms with van der Waals surface area (Å²) in [7, 11) is 1.59. The fourth-order valence-electron chi connectivity index (χ4n) is 4.41. The molecular formula is C27H29FN2O3S. The Morgan fingerprint density at radius 3 is 2.47 bits per heavy atom. The number of rotatable bonds is 9. The van der Waals surface area contributed by atoms with Crippen molar-refractivity contribution in [2.24, 2.45) is 0 Å². The highest BCUT2D eigenvalue weighted by Gasteiger charge is 2.35. The third-order valence-electron chi connectivity index (χ3n) is 6.20. The normalized spacial score (nSPS) is 14.5. The van der Waals surface area contributed by atoms with Crippen molar-refractivity contribution in [2.45, 2.75) is 50.7 Å². The number of carbonyl (C=O) groups is 2. The molecule has 0 bridgehead atoms. The quantitative estimate of drug-likeness (QED) is 0.454. The Labute approximate surface area is 203 Å². The zero-order chi connectivity index (χ0) is 23.9. The number of hydrogen-bond acceptors (Lipinski definition) is 4. The Kier molecular flexibility index (Phi) is 7.95. The number of methoxy groups -OCH3 is 1. The van der Waals surface area contributed by atoms with E-state index in [1.54, 1.807) is 25.3 Å². The summed E-state index contributed by atoms with van der Waals surface area (Å²) in [6.07, 6.45) is 4.06. The van der Waals surface area contributed by atoms with Gasteiger partial charge in [-0.2, -0.15) is 0 Å². The number of benzene rings is 2. The van der Waals surface area contributed by atoms with Crippen molar-refractivity contribution in [3.05, 3.63) is 87.9 Å². The number of thiophene rings is 1. The lowest BCUT2D eigenvalue weighted by Gasteiger charge is -2.32. The zero-order valence-electron chi connectivity index (χ0n) is 19.2. The van der Waals surface area contributed by atoms with Gasteiger partial charge in [0.25, 0.3) is 0 Å². The zero-order valence-corrected chi connectivity index (χ0v) is 20.0. The minimum absolute atomic E-state index is 0.0528. The van der Waals surface area contributed by atoms with E-state index in [4.69, 9.17) is 4.74 Å². The first-order chi connectivity index (χ1) is 16.5. The van der Waals surface area contributed by atoms with Crippen molar-refractivity contribution >= 4 is 23.2 Å². The highest BCUT2D eigenvalue weighted by molar-refractivity contribution is 7.10. The summed E-state index contributed by atoms with van der Waals surface area (Å²) in [5.41, 5.74) is 1.03. The lowest BCUT2D eigenvalue weighted by molar-refractivity contribution is -0.141. The molecule has 1 atom stereocenters. The molecule has 7 heteroatoms. The van der Waals surface area contributed by atoms with Gasteiger partial charge in [0, 0.05) is 23.0 Å². The molecule has 1 heterocycles. The Bertz CT molecular complexity index is 1100. The smallest absolute Gasteiger partial charge is 0.247 e. The molecule has 0 spiro atoms. The van der Waals surface area contributed by atoms with Crippen LogP contribution in [-0.2, 0) is 22.6 Å². The average molecular weight is 481 g/mol. The van der Waals surface area contributed by atoms with Gasteiger partial charge in [-0.15, -0.1) is 11.3 Å². The average Bonchev–Trinajstić information content (AvgIpc) is 3.55. The highest BCUT2D eigenvalue weighted by Crippen LogP contribution is 2.29. The van der Waals surface area contributed by atoms with Crippen LogP contribution in [0.2, 0.25) is 0 Å². The number of nitrogens with one attached hydrogen (secondary N) is 1. The summed E-state index contributed by atoms with van der Waals surface area (Å²) in [5.74, 6) is -0.374. The van der Waals surface area contributed by atoms with Gasteiger partial charge in [0.05, 0.1) is 13.5 Å².